The summed E-state index contributed by atoms with van der Waals surface area (Å²) < 4.78 is 26.3. The van der Waals surface area contributed by atoms with Crippen molar-refractivity contribution in [1.82, 2.24) is 9.97 Å². The fraction of sp³-hybridized carbons (Fsp3) is 0. The summed E-state index contributed by atoms with van der Waals surface area (Å²) in [7, 11) is 0. The Morgan fingerprint density at radius 3 is 1.62 bits per heavy atom. The fourth-order valence-electron chi connectivity index (χ4n) is 7.73. The molecule has 0 atom stereocenters. The highest BCUT2D eigenvalue weighted by molar-refractivity contribution is 6.06. The Bertz CT molecular complexity index is 3090. The van der Waals surface area contributed by atoms with Crippen LogP contribution < -0.4 is 4.90 Å². The molecule has 11 aromatic rings. The molecule has 0 aliphatic heterocycles. The largest absolute Gasteiger partial charge is 0.436 e. The van der Waals surface area contributed by atoms with Crippen molar-refractivity contribution in [3.8, 4) is 34.0 Å². The fourth-order valence-corrected chi connectivity index (χ4v) is 7.73. The zero-order valence-corrected chi connectivity index (χ0v) is 29.9. The Hall–Kier alpha value is -7.57. The van der Waals surface area contributed by atoms with Gasteiger partial charge in [-0.3, -0.25) is 0 Å². The molecule has 6 heteroatoms. The highest BCUT2D eigenvalue weighted by atomic mass is 19.1. The third-order valence-corrected chi connectivity index (χ3v) is 10.5. The number of aromatic nitrogens is 2. The minimum absolute atomic E-state index is 0.231. The van der Waals surface area contributed by atoms with Crippen LogP contribution in [-0.2, 0) is 0 Å². The highest BCUT2D eigenvalue weighted by Gasteiger charge is 2.17. The predicted octanol–water partition coefficient (Wildman–Crippen LogP) is 14.0. The molecule has 0 saturated heterocycles. The Balaban J connectivity index is 1.01. The van der Waals surface area contributed by atoms with Crippen molar-refractivity contribution in [3.63, 3.8) is 0 Å². The van der Waals surface area contributed by atoms with Crippen molar-refractivity contribution in [2.45, 2.75) is 0 Å². The molecule has 264 valence electrons. The molecule has 0 unspecified atom stereocenters. The topological polar surface area (TPSA) is 55.3 Å². The molecular weight excluding hydrogens is 694 g/mol. The van der Waals surface area contributed by atoms with Crippen molar-refractivity contribution in [1.29, 1.82) is 0 Å². The molecule has 0 spiro atoms. The first-order valence-corrected chi connectivity index (χ1v) is 18.5. The van der Waals surface area contributed by atoms with Gasteiger partial charge in [0.2, 0.25) is 11.8 Å². The van der Waals surface area contributed by atoms with Gasteiger partial charge in [0.1, 0.15) is 16.9 Å². The monoisotopic (exact) mass is 723 g/mol. The summed E-state index contributed by atoms with van der Waals surface area (Å²) in [6.07, 6.45) is 0. The minimum atomic E-state index is -0.231. The number of halogens is 1. The van der Waals surface area contributed by atoms with Gasteiger partial charge in [-0.15, -0.1) is 0 Å². The zero-order valence-electron chi connectivity index (χ0n) is 29.9. The van der Waals surface area contributed by atoms with Gasteiger partial charge in [-0.1, -0.05) is 66.7 Å². The van der Waals surface area contributed by atoms with Crippen LogP contribution in [0.1, 0.15) is 0 Å². The van der Waals surface area contributed by atoms with Crippen LogP contribution in [0.25, 0.3) is 88.6 Å². The zero-order chi connectivity index (χ0) is 37.2. The van der Waals surface area contributed by atoms with Crippen molar-refractivity contribution >= 4 is 71.6 Å². The quantitative estimate of drug-likeness (QED) is 0.160. The van der Waals surface area contributed by atoms with Crippen LogP contribution in [-0.4, -0.2) is 9.97 Å². The molecule has 5 nitrogen and oxygen atoms in total. The molecule has 0 N–H and O–H groups in total. The normalized spacial score (nSPS) is 11.7. The van der Waals surface area contributed by atoms with Crippen LogP contribution in [0, 0.1) is 5.82 Å². The second kappa shape index (κ2) is 12.8. The van der Waals surface area contributed by atoms with Crippen LogP contribution >= 0.6 is 0 Å². The lowest BCUT2D eigenvalue weighted by atomic mass is 9.94. The van der Waals surface area contributed by atoms with Gasteiger partial charge in [0.05, 0.1) is 0 Å². The molecule has 0 amide bonds. The molecule has 2 aromatic heterocycles. The van der Waals surface area contributed by atoms with Crippen LogP contribution in [0.2, 0.25) is 0 Å². The third-order valence-electron chi connectivity index (χ3n) is 10.5. The van der Waals surface area contributed by atoms with Gasteiger partial charge in [-0.05, 0) is 159 Å². The number of nitrogens with zero attached hydrogens (tertiary/aromatic N) is 3. The first kappa shape index (κ1) is 31.9. The predicted molar refractivity (Wildman–Crippen MR) is 225 cm³/mol. The minimum Gasteiger partial charge on any atom is -0.436 e. The smallest absolute Gasteiger partial charge is 0.227 e. The van der Waals surface area contributed by atoms with Gasteiger partial charge in [0.15, 0.2) is 11.2 Å². The van der Waals surface area contributed by atoms with Crippen molar-refractivity contribution < 1.29 is 13.2 Å². The van der Waals surface area contributed by atoms with Crippen LogP contribution in [0.4, 0.5) is 21.5 Å². The van der Waals surface area contributed by atoms with Crippen LogP contribution in [0.3, 0.4) is 0 Å². The Kier molecular flexibility index (Phi) is 7.29. The number of oxazole rings is 2. The van der Waals surface area contributed by atoms with Crippen molar-refractivity contribution in [2.24, 2.45) is 0 Å². The molecule has 2 heterocycles. The van der Waals surface area contributed by atoms with E-state index in [4.69, 9.17) is 18.8 Å². The van der Waals surface area contributed by atoms with E-state index in [0.717, 1.165) is 93.8 Å². The third kappa shape index (κ3) is 5.55. The first-order valence-electron chi connectivity index (χ1n) is 18.5. The maximum Gasteiger partial charge on any atom is 0.227 e. The van der Waals surface area contributed by atoms with Crippen molar-refractivity contribution in [3.05, 3.63) is 188 Å². The Morgan fingerprint density at radius 1 is 0.393 bits per heavy atom. The molecule has 9 aromatic carbocycles. The molecule has 0 saturated carbocycles. The number of rotatable bonds is 6. The van der Waals surface area contributed by atoms with E-state index in [9.17, 15) is 4.39 Å². The molecule has 56 heavy (non-hydrogen) atoms. The molecule has 0 aliphatic rings. The lowest BCUT2D eigenvalue weighted by Crippen LogP contribution is -2.09. The number of para-hydroxylation sites is 4. The molecular formula is C50H30FN3O2. The van der Waals surface area contributed by atoms with E-state index >= 15 is 0 Å². The summed E-state index contributed by atoms with van der Waals surface area (Å²) in [6.45, 7) is 0. The summed E-state index contributed by atoms with van der Waals surface area (Å²) in [5.74, 6) is 0.934. The van der Waals surface area contributed by atoms with E-state index in [1.165, 1.54) is 6.07 Å². The van der Waals surface area contributed by atoms with Gasteiger partial charge >= 0.3 is 0 Å². The van der Waals surface area contributed by atoms with E-state index in [2.05, 4.69) is 120 Å². The van der Waals surface area contributed by atoms with Crippen LogP contribution in [0.5, 0.6) is 0 Å². The summed E-state index contributed by atoms with van der Waals surface area (Å²) in [4.78, 5) is 11.7. The molecule has 0 fully saturated rings. The van der Waals surface area contributed by atoms with E-state index in [1.807, 2.05) is 54.6 Å². The first-order chi connectivity index (χ1) is 27.6. The molecule has 0 radical (unpaired) electrons. The maximum atomic E-state index is 14.1. The standard InChI is InChI=1S/C50H30FN3O2/c51-39-20-14-34-30-44-35(26-37(34)28-39)6-5-7-43(44)36-13-12-31-15-25-42(29-38(31)27-36)54(40-21-16-32(17-22-40)49-52-45-8-1-3-10-47(45)55-49)41-23-18-33(19-24-41)50-53-46-9-2-4-11-48(46)56-50/h1-30H. The van der Waals surface area contributed by atoms with Gasteiger partial charge < -0.3 is 13.7 Å². The van der Waals surface area contributed by atoms with E-state index in [-0.39, 0.29) is 5.82 Å². The average Bonchev–Trinajstić information content (AvgIpc) is 3.88. The Labute approximate surface area is 320 Å². The Morgan fingerprint density at radius 2 is 0.964 bits per heavy atom. The molecule has 0 aliphatic carbocycles. The van der Waals surface area contributed by atoms with Gasteiger partial charge in [0, 0.05) is 28.2 Å². The van der Waals surface area contributed by atoms with E-state index < -0.39 is 0 Å². The molecule has 11 rings (SSSR count). The summed E-state index contributed by atoms with van der Waals surface area (Å²) in [5, 5.41) is 6.34. The van der Waals surface area contributed by atoms with E-state index in [0.29, 0.717) is 11.8 Å². The maximum absolute atomic E-state index is 14.1. The van der Waals surface area contributed by atoms with Crippen LogP contribution in [0.15, 0.2) is 191 Å². The lowest BCUT2D eigenvalue weighted by molar-refractivity contribution is 0.619. The highest BCUT2D eigenvalue weighted by Crippen LogP contribution is 2.40. The second-order valence-corrected chi connectivity index (χ2v) is 14.0. The van der Waals surface area contributed by atoms with Crippen molar-refractivity contribution in [2.75, 3.05) is 4.90 Å². The SMILES string of the molecule is Fc1ccc2cc3c(-c4ccc5ccc(N(c6ccc(-c7nc8ccccc8o7)cc6)c6ccc(-c7nc8ccccc8o7)cc6)cc5c4)cccc3cc2c1. The number of anilines is 3. The number of benzene rings is 9. The molecule has 0 bridgehead atoms. The lowest BCUT2D eigenvalue weighted by Gasteiger charge is -2.26. The number of hydrogen-bond donors (Lipinski definition) is 0. The van der Waals surface area contributed by atoms with Gasteiger partial charge in [-0.25, -0.2) is 14.4 Å². The van der Waals surface area contributed by atoms with Gasteiger partial charge in [0.25, 0.3) is 0 Å². The summed E-state index contributed by atoms with van der Waals surface area (Å²) in [5.41, 5.74) is 10.2. The van der Waals surface area contributed by atoms with Gasteiger partial charge in [-0.2, -0.15) is 0 Å². The number of hydrogen-bond acceptors (Lipinski definition) is 5. The average molecular weight is 724 g/mol. The van der Waals surface area contributed by atoms with E-state index in [1.54, 1.807) is 6.07 Å². The second-order valence-electron chi connectivity index (χ2n) is 14.0. The number of fused-ring (bicyclic) bond motifs is 5. The summed E-state index contributed by atoms with van der Waals surface area (Å²) >= 11 is 0. The summed E-state index contributed by atoms with van der Waals surface area (Å²) in [6, 6.07) is 60.9.